The van der Waals surface area contributed by atoms with Crippen LogP contribution in [0, 0.1) is 5.92 Å². The number of carboxylic acids is 1. The summed E-state index contributed by atoms with van der Waals surface area (Å²) in [5.74, 6) is -1.23. The van der Waals surface area contributed by atoms with Crippen molar-refractivity contribution in [2.75, 3.05) is 6.61 Å². The molecule has 2 fully saturated rings. The van der Waals surface area contributed by atoms with Crippen LogP contribution < -0.4 is 0 Å². The standard InChI is InChI=1S/C11H18O4/c12-9(10(13)14)8-3-6-15-11(7-8)4-1-2-5-11/h8-9,12H,1-7H2,(H,13,14). The van der Waals surface area contributed by atoms with E-state index >= 15 is 0 Å². The fourth-order valence-corrected chi connectivity index (χ4v) is 2.90. The van der Waals surface area contributed by atoms with Gasteiger partial charge in [-0.25, -0.2) is 4.79 Å². The van der Waals surface area contributed by atoms with Crippen LogP contribution in [0.3, 0.4) is 0 Å². The van der Waals surface area contributed by atoms with E-state index in [9.17, 15) is 9.90 Å². The normalized spacial score (nSPS) is 31.7. The fourth-order valence-electron chi connectivity index (χ4n) is 2.90. The molecule has 0 aromatic heterocycles. The Balaban J connectivity index is 2.00. The van der Waals surface area contributed by atoms with Gasteiger partial charge in [-0.2, -0.15) is 0 Å². The lowest BCUT2D eigenvalue weighted by molar-refractivity contribution is -0.158. The van der Waals surface area contributed by atoms with Crippen LogP contribution >= 0.6 is 0 Å². The average molecular weight is 214 g/mol. The van der Waals surface area contributed by atoms with E-state index in [1.54, 1.807) is 0 Å². The largest absolute Gasteiger partial charge is 0.479 e. The SMILES string of the molecule is O=C(O)C(O)C1CCOC2(CCCC2)C1. The minimum Gasteiger partial charge on any atom is -0.479 e. The molecule has 86 valence electrons. The third kappa shape index (κ3) is 2.16. The molecule has 0 bridgehead atoms. The Morgan fingerprint density at radius 1 is 1.40 bits per heavy atom. The van der Waals surface area contributed by atoms with Crippen molar-refractivity contribution in [2.45, 2.75) is 50.2 Å². The highest BCUT2D eigenvalue weighted by Gasteiger charge is 2.43. The second kappa shape index (κ2) is 4.10. The van der Waals surface area contributed by atoms with Crippen LogP contribution in [-0.2, 0) is 9.53 Å². The number of aliphatic hydroxyl groups is 1. The van der Waals surface area contributed by atoms with Gasteiger partial charge >= 0.3 is 5.97 Å². The Morgan fingerprint density at radius 2 is 2.07 bits per heavy atom. The smallest absolute Gasteiger partial charge is 0.332 e. The zero-order chi connectivity index (χ0) is 10.9. The van der Waals surface area contributed by atoms with Crippen LogP contribution in [-0.4, -0.2) is 34.5 Å². The van der Waals surface area contributed by atoms with Crippen molar-refractivity contribution in [1.29, 1.82) is 0 Å². The molecule has 2 atom stereocenters. The number of aliphatic carboxylic acids is 1. The Morgan fingerprint density at radius 3 is 2.67 bits per heavy atom. The first-order chi connectivity index (χ1) is 7.13. The van der Waals surface area contributed by atoms with E-state index in [0.29, 0.717) is 19.4 Å². The summed E-state index contributed by atoms with van der Waals surface area (Å²) in [6, 6.07) is 0. The topological polar surface area (TPSA) is 66.8 Å². The fraction of sp³-hybridized carbons (Fsp3) is 0.909. The third-order valence-electron chi connectivity index (χ3n) is 3.75. The van der Waals surface area contributed by atoms with Gasteiger partial charge in [-0.1, -0.05) is 12.8 Å². The summed E-state index contributed by atoms with van der Waals surface area (Å²) >= 11 is 0. The summed E-state index contributed by atoms with van der Waals surface area (Å²) in [6.45, 7) is 0.592. The zero-order valence-corrected chi connectivity index (χ0v) is 8.82. The Kier molecular flexibility index (Phi) is 2.98. The molecule has 4 nitrogen and oxygen atoms in total. The Hall–Kier alpha value is -0.610. The van der Waals surface area contributed by atoms with Gasteiger partial charge in [0, 0.05) is 12.5 Å². The average Bonchev–Trinajstić information content (AvgIpc) is 2.65. The molecule has 1 aliphatic heterocycles. The molecule has 15 heavy (non-hydrogen) atoms. The first-order valence-electron chi connectivity index (χ1n) is 5.68. The van der Waals surface area contributed by atoms with Gasteiger partial charge in [0.05, 0.1) is 5.60 Å². The summed E-state index contributed by atoms with van der Waals surface area (Å²) in [5, 5.41) is 18.3. The minimum absolute atomic E-state index is 0.112. The van der Waals surface area contributed by atoms with Gasteiger partial charge in [0.1, 0.15) is 0 Å². The van der Waals surface area contributed by atoms with Gasteiger partial charge in [-0.05, 0) is 25.7 Å². The lowest BCUT2D eigenvalue weighted by Crippen LogP contribution is -2.43. The van der Waals surface area contributed by atoms with E-state index in [1.165, 1.54) is 0 Å². The second-order valence-corrected chi connectivity index (χ2v) is 4.77. The van der Waals surface area contributed by atoms with Gasteiger partial charge in [-0.3, -0.25) is 0 Å². The number of hydrogen-bond donors (Lipinski definition) is 2. The molecule has 2 aliphatic rings. The number of rotatable bonds is 2. The summed E-state index contributed by atoms with van der Waals surface area (Å²) in [4.78, 5) is 10.7. The maximum atomic E-state index is 10.7. The van der Waals surface area contributed by atoms with Crippen LogP contribution in [0.25, 0.3) is 0 Å². The van der Waals surface area contributed by atoms with E-state index in [0.717, 1.165) is 25.7 Å². The highest BCUT2D eigenvalue weighted by molar-refractivity contribution is 5.72. The van der Waals surface area contributed by atoms with E-state index in [1.807, 2.05) is 0 Å². The molecule has 1 spiro atoms. The van der Waals surface area contributed by atoms with Crippen LogP contribution in [0.1, 0.15) is 38.5 Å². The zero-order valence-electron chi connectivity index (χ0n) is 8.82. The first-order valence-corrected chi connectivity index (χ1v) is 5.68. The number of ether oxygens (including phenoxy) is 1. The van der Waals surface area contributed by atoms with Crippen molar-refractivity contribution in [3.8, 4) is 0 Å². The van der Waals surface area contributed by atoms with Crippen LogP contribution in [0.15, 0.2) is 0 Å². The van der Waals surface area contributed by atoms with E-state index < -0.39 is 12.1 Å². The van der Waals surface area contributed by atoms with E-state index in [4.69, 9.17) is 9.84 Å². The number of carbonyl (C=O) groups is 1. The molecule has 0 aromatic rings. The monoisotopic (exact) mass is 214 g/mol. The van der Waals surface area contributed by atoms with Crippen molar-refractivity contribution in [1.82, 2.24) is 0 Å². The van der Waals surface area contributed by atoms with E-state index in [-0.39, 0.29) is 11.5 Å². The molecule has 1 saturated carbocycles. The lowest BCUT2D eigenvalue weighted by Gasteiger charge is -2.39. The Bertz CT molecular complexity index is 245. The predicted octanol–water partition coefficient (Wildman–Crippen LogP) is 1.17. The highest BCUT2D eigenvalue weighted by atomic mass is 16.5. The molecule has 1 aliphatic carbocycles. The number of carboxylic acid groups (broad SMARTS) is 1. The van der Waals surface area contributed by atoms with Crippen LogP contribution in [0.5, 0.6) is 0 Å². The van der Waals surface area contributed by atoms with Gasteiger partial charge < -0.3 is 14.9 Å². The molecule has 0 radical (unpaired) electrons. The molecule has 2 rings (SSSR count). The quantitative estimate of drug-likeness (QED) is 0.724. The van der Waals surface area contributed by atoms with Crippen LogP contribution in [0.2, 0.25) is 0 Å². The minimum atomic E-state index is -1.22. The maximum Gasteiger partial charge on any atom is 0.332 e. The van der Waals surface area contributed by atoms with E-state index in [2.05, 4.69) is 0 Å². The Labute approximate surface area is 89.2 Å². The predicted molar refractivity (Wildman–Crippen MR) is 53.5 cm³/mol. The van der Waals surface area contributed by atoms with Crippen molar-refractivity contribution < 1.29 is 19.7 Å². The van der Waals surface area contributed by atoms with Gasteiger partial charge in [0.25, 0.3) is 0 Å². The van der Waals surface area contributed by atoms with Gasteiger partial charge in [0.15, 0.2) is 6.10 Å². The summed E-state index contributed by atoms with van der Waals surface area (Å²) in [6.07, 6.45) is 4.53. The van der Waals surface area contributed by atoms with Gasteiger partial charge in [-0.15, -0.1) is 0 Å². The van der Waals surface area contributed by atoms with Gasteiger partial charge in [0.2, 0.25) is 0 Å². The molecular formula is C11H18O4. The van der Waals surface area contributed by atoms with Crippen molar-refractivity contribution >= 4 is 5.97 Å². The molecule has 0 amide bonds. The summed E-state index contributed by atoms with van der Waals surface area (Å²) in [7, 11) is 0. The first kappa shape index (κ1) is 10.9. The van der Waals surface area contributed by atoms with Crippen molar-refractivity contribution in [3.63, 3.8) is 0 Å². The van der Waals surface area contributed by atoms with Crippen molar-refractivity contribution in [2.24, 2.45) is 5.92 Å². The molecule has 2 unspecified atom stereocenters. The molecule has 1 heterocycles. The maximum absolute atomic E-state index is 10.7. The summed E-state index contributed by atoms with van der Waals surface area (Å²) < 4.78 is 5.78. The second-order valence-electron chi connectivity index (χ2n) is 4.77. The van der Waals surface area contributed by atoms with Crippen molar-refractivity contribution in [3.05, 3.63) is 0 Å². The lowest BCUT2D eigenvalue weighted by atomic mass is 9.81. The molecule has 1 saturated heterocycles. The molecular weight excluding hydrogens is 196 g/mol. The van der Waals surface area contributed by atoms with Crippen LogP contribution in [0.4, 0.5) is 0 Å². The molecule has 2 N–H and O–H groups in total. The summed E-state index contributed by atoms with van der Waals surface area (Å²) in [5.41, 5.74) is -0.112. The molecule has 4 heteroatoms. The molecule has 0 aromatic carbocycles. The number of aliphatic hydroxyl groups excluding tert-OH is 1. The number of hydrogen-bond acceptors (Lipinski definition) is 3. The third-order valence-corrected chi connectivity index (χ3v) is 3.75. The highest BCUT2D eigenvalue weighted by Crippen LogP contribution is 2.42.